The number of hydrazine groups is 1. The lowest BCUT2D eigenvalue weighted by molar-refractivity contribution is 0.187. The fourth-order valence-electron chi connectivity index (χ4n) is 1.40. The second-order valence-corrected chi connectivity index (χ2v) is 3.25. The second kappa shape index (κ2) is 4.70. The summed E-state index contributed by atoms with van der Waals surface area (Å²) in [5.41, 5.74) is 2.87. The molecule has 3 nitrogen and oxygen atoms in total. The van der Waals surface area contributed by atoms with Gasteiger partial charge in [-0.25, -0.2) is 0 Å². The Morgan fingerprint density at radius 2 is 2.36 bits per heavy atom. The van der Waals surface area contributed by atoms with Crippen LogP contribution in [0.4, 0.5) is 0 Å². The van der Waals surface area contributed by atoms with E-state index in [0.29, 0.717) is 6.04 Å². The van der Waals surface area contributed by atoms with E-state index in [1.54, 1.807) is 7.11 Å². The van der Waals surface area contributed by atoms with Gasteiger partial charge in [0.05, 0.1) is 0 Å². The van der Waals surface area contributed by atoms with Crippen LogP contribution < -0.4 is 11.3 Å². The van der Waals surface area contributed by atoms with Gasteiger partial charge in [0, 0.05) is 19.8 Å². The number of nitrogens with one attached hydrogen (secondary N) is 1. The molecule has 66 valence electrons. The molecule has 1 aliphatic rings. The Morgan fingerprint density at radius 3 is 2.82 bits per heavy atom. The first-order chi connectivity index (χ1) is 5.38. The third-order valence-electron chi connectivity index (χ3n) is 2.27. The predicted molar refractivity (Wildman–Crippen MR) is 44.9 cm³/mol. The van der Waals surface area contributed by atoms with Crippen LogP contribution in [0.25, 0.3) is 0 Å². The van der Waals surface area contributed by atoms with Gasteiger partial charge in [0.15, 0.2) is 0 Å². The maximum Gasteiger partial charge on any atom is 0.0462 e. The van der Waals surface area contributed by atoms with Crippen LogP contribution in [0, 0.1) is 5.92 Å². The maximum absolute atomic E-state index is 5.41. The van der Waals surface area contributed by atoms with Crippen molar-refractivity contribution in [3.8, 4) is 0 Å². The minimum atomic E-state index is 0.533. The quantitative estimate of drug-likeness (QED) is 0.339. The van der Waals surface area contributed by atoms with Gasteiger partial charge in [0.2, 0.25) is 0 Å². The largest absolute Gasteiger partial charge is 0.385 e. The highest BCUT2D eigenvalue weighted by Gasteiger charge is 2.29. The summed E-state index contributed by atoms with van der Waals surface area (Å²) in [6.07, 6.45) is 4.96. The molecule has 1 aliphatic carbocycles. The average molecular weight is 158 g/mol. The third-order valence-corrected chi connectivity index (χ3v) is 2.27. The summed E-state index contributed by atoms with van der Waals surface area (Å²) >= 11 is 0. The number of hydrogen-bond acceptors (Lipinski definition) is 3. The zero-order chi connectivity index (χ0) is 8.10. The molecule has 0 aliphatic heterocycles. The standard InChI is InChI=1S/C8H18N2O/c1-11-6-2-3-8(10-9)7-4-5-7/h7-8,10H,2-6,9H2,1H3. The van der Waals surface area contributed by atoms with Crippen molar-refractivity contribution in [1.82, 2.24) is 5.43 Å². The van der Waals surface area contributed by atoms with Gasteiger partial charge in [-0.05, 0) is 31.6 Å². The van der Waals surface area contributed by atoms with Crippen molar-refractivity contribution in [2.45, 2.75) is 31.7 Å². The molecule has 1 saturated carbocycles. The van der Waals surface area contributed by atoms with E-state index in [0.717, 1.165) is 25.4 Å². The molecule has 11 heavy (non-hydrogen) atoms. The molecular weight excluding hydrogens is 140 g/mol. The topological polar surface area (TPSA) is 47.3 Å². The van der Waals surface area contributed by atoms with Gasteiger partial charge in [0.25, 0.3) is 0 Å². The van der Waals surface area contributed by atoms with Crippen LogP contribution in [-0.2, 0) is 4.74 Å². The Morgan fingerprint density at radius 1 is 1.64 bits per heavy atom. The lowest BCUT2D eigenvalue weighted by Crippen LogP contribution is -2.36. The van der Waals surface area contributed by atoms with Crippen molar-refractivity contribution in [2.24, 2.45) is 11.8 Å². The van der Waals surface area contributed by atoms with Gasteiger partial charge >= 0.3 is 0 Å². The second-order valence-electron chi connectivity index (χ2n) is 3.25. The molecule has 1 unspecified atom stereocenters. The van der Waals surface area contributed by atoms with E-state index < -0.39 is 0 Å². The van der Waals surface area contributed by atoms with Crippen LogP contribution in [0.15, 0.2) is 0 Å². The first-order valence-electron chi connectivity index (χ1n) is 4.33. The summed E-state index contributed by atoms with van der Waals surface area (Å²) in [7, 11) is 1.74. The summed E-state index contributed by atoms with van der Waals surface area (Å²) in [5.74, 6) is 6.25. The van der Waals surface area contributed by atoms with Crippen molar-refractivity contribution in [1.29, 1.82) is 0 Å². The normalized spacial score (nSPS) is 20.2. The summed E-state index contributed by atoms with van der Waals surface area (Å²) in [6.45, 7) is 0.852. The Bertz CT molecular complexity index is 104. The van der Waals surface area contributed by atoms with Crippen molar-refractivity contribution in [3.63, 3.8) is 0 Å². The van der Waals surface area contributed by atoms with Gasteiger partial charge in [0.1, 0.15) is 0 Å². The number of nitrogens with two attached hydrogens (primary N) is 1. The monoisotopic (exact) mass is 158 g/mol. The summed E-state index contributed by atoms with van der Waals surface area (Å²) in [4.78, 5) is 0. The Kier molecular flexibility index (Phi) is 3.83. The van der Waals surface area contributed by atoms with Crippen LogP contribution in [0.5, 0.6) is 0 Å². The molecule has 0 saturated heterocycles. The summed E-state index contributed by atoms with van der Waals surface area (Å²) in [5, 5.41) is 0. The lowest BCUT2D eigenvalue weighted by atomic mass is 10.1. The Labute approximate surface area is 68.3 Å². The fraction of sp³-hybridized carbons (Fsp3) is 1.00. The molecule has 0 radical (unpaired) electrons. The van der Waals surface area contributed by atoms with E-state index >= 15 is 0 Å². The maximum atomic E-state index is 5.41. The van der Waals surface area contributed by atoms with Gasteiger partial charge in [-0.1, -0.05) is 0 Å². The van der Waals surface area contributed by atoms with E-state index in [4.69, 9.17) is 10.6 Å². The predicted octanol–water partition coefficient (Wildman–Crippen LogP) is 0.655. The van der Waals surface area contributed by atoms with E-state index in [2.05, 4.69) is 5.43 Å². The highest BCUT2D eigenvalue weighted by Crippen LogP contribution is 2.33. The zero-order valence-electron chi connectivity index (χ0n) is 7.18. The minimum Gasteiger partial charge on any atom is -0.385 e. The van der Waals surface area contributed by atoms with Crippen LogP contribution in [0.2, 0.25) is 0 Å². The van der Waals surface area contributed by atoms with E-state index in [1.165, 1.54) is 12.8 Å². The van der Waals surface area contributed by atoms with Crippen LogP contribution in [0.3, 0.4) is 0 Å². The van der Waals surface area contributed by atoms with E-state index in [9.17, 15) is 0 Å². The smallest absolute Gasteiger partial charge is 0.0462 e. The number of ether oxygens (including phenoxy) is 1. The Hall–Kier alpha value is -0.120. The summed E-state index contributed by atoms with van der Waals surface area (Å²) in [6, 6.07) is 0.533. The minimum absolute atomic E-state index is 0.533. The van der Waals surface area contributed by atoms with Crippen molar-refractivity contribution in [3.05, 3.63) is 0 Å². The first kappa shape index (κ1) is 8.97. The zero-order valence-corrected chi connectivity index (χ0v) is 7.18. The molecule has 0 heterocycles. The molecule has 0 spiro atoms. The van der Waals surface area contributed by atoms with Gasteiger partial charge < -0.3 is 4.74 Å². The molecule has 0 aromatic carbocycles. The summed E-state index contributed by atoms with van der Waals surface area (Å²) < 4.78 is 4.97. The first-order valence-corrected chi connectivity index (χ1v) is 4.33. The number of rotatable bonds is 6. The molecule has 0 bridgehead atoms. The van der Waals surface area contributed by atoms with Gasteiger partial charge in [-0.15, -0.1) is 0 Å². The third kappa shape index (κ3) is 3.18. The van der Waals surface area contributed by atoms with Crippen LogP contribution in [-0.4, -0.2) is 19.8 Å². The SMILES string of the molecule is COCCCC(NN)C1CC1. The number of methoxy groups -OCH3 is 1. The van der Waals surface area contributed by atoms with E-state index in [1.807, 2.05) is 0 Å². The molecular formula is C8H18N2O. The van der Waals surface area contributed by atoms with Crippen molar-refractivity contribution < 1.29 is 4.74 Å². The van der Waals surface area contributed by atoms with Crippen molar-refractivity contribution in [2.75, 3.05) is 13.7 Å². The Balaban J connectivity index is 2.01. The highest BCUT2D eigenvalue weighted by atomic mass is 16.5. The molecule has 1 fully saturated rings. The molecule has 1 rings (SSSR count). The van der Waals surface area contributed by atoms with Gasteiger partial charge in [-0.2, -0.15) is 0 Å². The van der Waals surface area contributed by atoms with Crippen molar-refractivity contribution >= 4 is 0 Å². The highest BCUT2D eigenvalue weighted by molar-refractivity contribution is 4.84. The molecule has 1 atom stereocenters. The molecule has 0 aromatic rings. The van der Waals surface area contributed by atoms with Crippen LogP contribution in [0.1, 0.15) is 25.7 Å². The molecule has 3 N–H and O–H groups in total. The molecule has 0 amide bonds. The van der Waals surface area contributed by atoms with E-state index in [-0.39, 0.29) is 0 Å². The lowest BCUT2D eigenvalue weighted by Gasteiger charge is -2.13. The van der Waals surface area contributed by atoms with Crippen LogP contribution >= 0.6 is 0 Å². The van der Waals surface area contributed by atoms with Gasteiger partial charge in [-0.3, -0.25) is 11.3 Å². The number of hydrogen-bond donors (Lipinski definition) is 2. The molecule has 0 aromatic heterocycles. The molecule has 3 heteroatoms. The fourth-order valence-corrected chi connectivity index (χ4v) is 1.40. The average Bonchev–Trinajstić information content (AvgIpc) is 2.81.